The number of nitrogens with one attached hydrogen (secondary N) is 1. The molecular weight excluding hydrogens is 396 g/mol. The maximum Gasteiger partial charge on any atom is 0.263 e. The number of nitrogens with zero attached hydrogens (tertiary/aromatic N) is 3. The molecule has 7 heteroatoms. The van der Waals surface area contributed by atoms with E-state index < -0.39 is 0 Å². The first-order chi connectivity index (χ1) is 14.6. The molecule has 3 heterocycles. The Morgan fingerprint density at radius 2 is 1.87 bits per heavy atom. The maximum atomic E-state index is 13.2. The number of hydrogen-bond acceptors (Lipinski definition) is 5. The van der Waals surface area contributed by atoms with Crippen molar-refractivity contribution in [2.45, 2.75) is 39.0 Å². The highest BCUT2D eigenvalue weighted by molar-refractivity contribution is 7.12. The van der Waals surface area contributed by atoms with Crippen molar-refractivity contribution in [3.63, 3.8) is 0 Å². The second-order valence-corrected chi connectivity index (χ2v) is 10.2. The van der Waals surface area contributed by atoms with E-state index in [2.05, 4.69) is 22.0 Å². The predicted octanol–water partition coefficient (Wildman–Crippen LogP) is 2.52. The Bertz CT molecular complexity index is 709. The minimum absolute atomic E-state index is 0.0258. The third-order valence-electron chi connectivity index (χ3n) is 7.47. The standard InChI is InChI=1S/C23H36N4O2S/c1-2-25-12-14-26(15-13-25)11-10-24-21(28)19-17-27(22(29)20-7-6-16-30-20)18-23(19)8-4-3-5-9-23/h6-7,16,19H,2-5,8-15,17-18H2,1H3,(H,24,28). The molecule has 0 aromatic carbocycles. The molecule has 2 saturated heterocycles. The van der Waals surface area contributed by atoms with Gasteiger partial charge in [0.15, 0.2) is 0 Å². The summed E-state index contributed by atoms with van der Waals surface area (Å²) >= 11 is 1.49. The number of likely N-dealkylation sites (N-methyl/N-ethyl adjacent to an activating group) is 1. The Labute approximate surface area is 184 Å². The van der Waals surface area contributed by atoms with Crippen molar-refractivity contribution in [1.29, 1.82) is 0 Å². The summed E-state index contributed by atoms with van der Waals surface area (Å²) in [4.78, 5) is 33.9. The topological polar surface area (TPSA) is 55.9 Å². The lowest BCUT2D eigenvalue weighted by Gasteiger charge is -2.37. The van der Waals surface area contributed by atoms with Crippen LogP contribution in [0.25, 0.3) is 0 Å². The van der Waals surface area contributed by atoms with Gasteiger partial charge in [-0.2, -0.15) is 0 Å². The number of carbonyl (C=O) groups is 2. The molecule has 3 aliphatic rings. The van der Waals surface area contributed by atoms with Crippen molar-refractivity contribution >= 4 is 23.2 Å². The summed E-state index contributed by atoms with van der Waals surface area (Å²) in [6.45, 7) is 10.7. The summed E-state index contributed by atoms with van der Waals surface area (Å²) in [5, 5.41) is 5.18. The molecule has 1 saturated carbocycles. The van der Waals surface area contributed by atoms with Crippen LogP contribution in [-0.4, -0.2) is 85.4 Å². The van der Waals surface area contributed by atoms with Crippen LogP contribution < -0.4 is 5.32 Å². The van der Waals surface area contributed by atoms with Crippen LogP contribution in [0.5, 0.6) is 0 Å². The van der Waals surface area contributed by atoms with Crippen molar-refractivity contribution in [1.82, 2.24) is 20.0 Å². The Balaban J connectivity index is 1.34. The number of amides is 2. The molecule has 0 radical (unpaired) electrons. The molecule has 1 unspecified atom stereocenters. The van der Waals surface area contributed by atoms with Gasteiger partial charge < -0.3 is 15.1 Å². The molecule has 4 rings (SSSR count). The van der Waals surface area contributed by atoms with Gasteiger partial charge >= 0.3 is 0 Å². The van der Waals surface area contributed by atoms with Crippen LogP contribution >= 0.6 is 11.3 Å². The zero-order chi connectivity index (χ0) is 21.0. The zero-order valence-corrected chi connectivity index (χ0v) is 19.1. The van der Waals surface area contributed by atoms with E-state index >= 15 is 0 Å². The van der Waals surface area contributed by atoms with Crippen LogP contribution in [0.3, 0.4) is 0 Å². The van der Waals surface area contributed by atoms with Gasteiger partial charge in [-0.15, -0.1) is 11.3 Å². The SMILES string of the molecule is CCN1CCN(CCNC(=O)C2CN(C(=O)c3cccs3)CC23CCCCC3)CC1. The van der Waals surface area contributed by atoms with Crippen LogP contribution in [0.1, 0.15) is 48.7 Å². The number of thiophene rings is 1. The van der Waals surface area contributed by atoms with Crippen LogP contribution in [0.15, 0.2) is 17.5 Å². The van der Waals surface area contributed by atoms with Gasteiger partial charge in [0.1, 0.15) is 0 Å². The summed E-state index contributed by atoms with van der Waals surface area (Å²) < 4.78 is 0. The van der Waals surface area contributed by atoms with Gasteiger partial charge in [0.05, 0.1) is 10.8 Å². The maximum absolute atomic E-state index is 13.2. The number of rotatable bonds is 6. The van der Waals surface area contributed by atoms with Gasteiger partial charge in [-0.1, -0.05) is 32.3 Å². The molecule has 0 bridgehead atoms. The average Bonchev–Trinajstić information content (AvgIpc) is 3.43. The lowest BCUT2D eigenvalue weighted by atomic mass is 9.67. The smallest absolute Gasteiger partial charge is 0.263 e. The molecule has 3 fully saturated rings. The molecule has 166 valence electrons. The third-order valence-corrected chi connectivity index (χ3v) is 8.33. The normalized spacial score (nSPS) is 25.0. The van der Waals surface area contributed by atoms with E-state index in [0.29, 0.717) is 13.1 Å². The summed E-state index contributed by atoms with van der Waals surface area (Å²) in [6.07, 6.45) is 5.73. The van der Waals surface area contributed by atoms with E-state index in [1.54, 1.807) is 0 Å². The molecule has 1 aromatic heterocycles. The van der Waals surface area contributed by atoms with Crippen molar-refractivity contribution in [2.24, 2.45) is 11.3 Å². The lowest BCUT2D eigenvalue weighted by Crippen LogP contribution is -2.49. The van der Waals surface area contributed by atoms with Gasteiger partial charge in [-0.05, 0) is 30.8 Å². The predicted molar refractivity (Wildman–Crippen MR) is 121 cm³/mol. The summed E-state index contributed by atoms with van der Waals surface area (Å²) in [5.41, 5.74) is -0.0258. The zero-order valence-electron chi connectivity index (χ0n) is 18.3. The van der Waals surface area contributed by atoms with E-state index in [-0.39, 0.29) is 23.1 Å². The summed E-state index contributed by atoms with van der Waals surface area (Å²) in [6, 6.07) is 3.82. The van der Waals surface area contributed by atoms with Gasteiger partial charge in [-0.25, -0.2) is 0 Å². The fourth-order valence-corrected chi connectivity index (χ4v) is 6.28. The van der Waals surface area contributed by atoms with Crippen LogP contribution in [0, 0.1) is 11.3 Å². The number of hydrogen-bond donors (Lipinski definition) is 1. The highest BCUT2D eigenvalue weighted by Gasteiger charge is 2.51. The Morgan fingerprint density at radius 1 is 1.13 bits per heavy atom. The van der Waals surface area contributed by atoms with Gasteiger partial charge in [0.2, 0.25) is 5.91 Å². The Morgan fingerprint density at radius 3 is 2.53 bits per heavy atom. The molecule has 1 aliphatic carbocycles. The molecule has 6 nitrogen and oxygen atoms in total. The van der Waals surface area contributed by atoms with E-state index in [9.17, 15) is 9.59 Å². The molecule has 2 aliphatic heterocycles. The van der Waals surface area contributed by atoms with E-state index in [1.165, 1.54) is 30.6 Å². The lowest BCUT2D eigenvalue weighted by molar-refractivity contribution is -0.128. The van der Waals surface area contributed by atoms with Crippen LogP contribution in [0.2, 0.25) is 0 Å². The van der Waals surface area contributed by atoms with E-state index in [1.807, 2.05) is 22.4 Å². The molecule has 1 N–H and O–H groups in total. The Hall–Kier alpha value is -1.44. The highest BCUT2D eigenvalue weighted by Crippen LogP contribution is 2.48. The van der Waals surface area contributed by atoms with Crippen molar-refractivity contribution in [3.05, 3.63) is 22.4 Å². The first-order valence-electron chi connectivity index (χ1n) is 11.7. The fraction of sp³-hybridized carbons (Fsp3) is 0.739. The van der Waals surface area contributed by atoms with Crippen LogP contribution in [-0.2, 0) is 4.79 Å². The van der Waals surface area contributed by atoms with Crippen molar-refractivity contribution < 1.29 is 9.59 Å². The summed E-state index contributed by atoms with van der Waals surface area (Å²) in [7, 11) is 0. The molecule has 1 aromatic rings. The molecule has 1 atom stereocenters. The quantitative estimate of drug-likeness (QED) is 0.751. The molecular formula is C23H36N4O2S. The molecule has 1 spiro atoms. The first kappa shape index (κ1) is 21.8. The Kier molecular flexibility index (Phi) is 7.11. The van der Waals surface area contributed by atoms with Gasteiger partial charge in [0, 0.05) is 57.8 Å². The monoisotopic (exact) mass is 432 g/mol. The van der Waals surface area contributed by atoms with Gasteiger partial charge in [-0.3, -0.25) is 14.5 Å². The first-order valence-corrected chi connectivity index (χ1v) is 12.5. The second-order valence-electron chi connectivity index (χ2n) is 9.21. The van der Waals surface area contributed by atoms with E-state index in [0.717, 1.165) is 63.5 Å². The van der Waals surface area contributed by atoms with Gasteiger partial charge in [0.25, 0.3) is 5.91 Å². The van der Waals surface area contributed by atoms with Crippen molar-refractivity contribution in [2.75, 3.05) is 58.9 Å². The summed E-state index contributed by atoms with van der Waals surface area (Å²) in [5.74, 6) is 0.184. The molecule has 30 heavy (non-hydrogen) atoms. The fourth-order valence-electron chi connectivity index (χ4n) is 5.59. The van der Waals surface area contributed by atoms with Crippen LogP contribution in [0.4, 0.5) is 0 Å². The highest BCUT2D eigenvalue weighted by atomic mass is 32.1. The average molecular weight is 433 g/mol. The van der Waals surface area contributed by atoms with Crippen molar-refractivity contribution in [3.8, 4) is 0 Å². The van der Waals surface area contributed by atoms with E-state index in [4.69, 9.17) is 0 Å². The second kappa shape index (κ2) is 9.79. The number of carbonyl (C=O) groups excluding carboxylic acids is 2. The third kappa shape index (κ3) is 4.73. The largest absolute Gasteiger partial charge is 0.354 e. The number of likely N-dealkylation sites (tertiary alicyclic amines) is 1. The molecule has 2 amide bonds. The minimum atomic E-state index is -0.0707. The number of piperazine rings is 1. The minimum Gasteiger partial charge on any atom is -0.354 e.